The number of hydrogen-bond acceptors (Lipinski definition) is 4. The van der Waals surface area contributed by atoms with Crippen LogP contribution in [-0.2, 0) is 14.8 Å². The van der Waals surface area contributed by atoms with Crippen molar-refractivity contribution < 1.29 is 18.0 Å². The van der Waals surface area contributed by atoms with Crippen molar-refractivity contribution >= 4 is 27.5 Å². The number of rotatable bonds is 5. The predicted octanol–water partition coefficient (Wildman–Crippen LogP) is 3.47. The van der Waals surface area contributed by atoms with Gasteiger partial charge in [-0.1, -0.05) is 40.7 Å². The molecule has 0 bridgehead atoms. The van der Waals surface area contributed by atoms with Crippen LogP contribution in [0.15, 0.2) is 69.7 Å². The molecule has 0 fully saturated rings. The van der Waals surface area contributed by atoms with Crippen LogP contribution >= 0.6 is 0 Å². The van der Waals surface area contributed by atoms with Crippen molar-refractivity contribution in [1.82, 2.24) is 9.62 Å². The molecule has 1 aliphatic carbocycles. The van der Waals surface area contributed by atoms with Gasteiger partial charge in [-0.15, -0.1) is 0 Å². The van der Waals surface area contributed by atoms with Crippen LogP contribution in [0.3, 0.4) is 0 Å². The lowest BCUT2D eigenvalue weighted by Gasteiger charge is -2.34. The fourth-order valence-corrected chi connectivity index (χ4v) is 5.26. The van der Waals surface area contributed by atoms with Crippen molar-refractivity contribution in [2.24, 2.45) is 16.3 Å². The number of allylic oxidation sites excluding steroid dienone is 3. The fourth-order valence-electron chi connectivity index (χ4n) is 3.81. The molecular weight excluding hydrogens is 426 g/mol. The Kier molecular flexibility index (Phi) is 6.67. The third-order valence-electron chi connectivity index (χ3n) is 5.53. The zero-order valence-electron chi connectivity index (χ0n) is 19.0. The first-order valence-corrected chi connectivity index (χ1v) is 12.1. The molecule has 1 heterocycles. The third kappa shape index (κ3) is 4.81. The summed E-state index contributed by atoms with van der Waals surface area (Å²) in [6.07, 6.45) is 7.03. The van der Waals surface area contributed by atoms with Crippen LogP contribution in [0.2, 0.25) is 0 Å². The molecule has 0 spiro atoms. The van der Waals surface area contributed by atoms with Gasteiger partial charge in [0.15, 0.2) is 0 Å². The minimum absolute atomic E-state index is 0.0636. The van der Waals surface area contributed by atoms with E-state index < -0.39 is 15.9 Å². The number of benzene rings is 1. The molecule has 2 amide bonds. The minimum atomic E-state index is -3.59. The van der Waals surface area contributed by atoms with Crippen molar-refractivity contribution in [2.75, 3.05) is 13.1 Å². The summed E-state index contributed by atoms with van der Waals surface area (Å²) in [6, 6.07) is 5.78. The number of aliphatic imine (C=N–C) groups is 1. The van der Waals surface area contributed by atoms with Crippen molar-refractivity contribution in [2.45, 2.75) is 39.5 Å². The highest BCUT2D eigenvalue weighted by Crippen LogP contribution is 2.38. The van der Waals surface area contributed by atoms with Gasteiger partial charge in [0.25, 0.3) is 5.91 Å². The normalized spacial score (nSPS) is 20.0. The summed E-state index contributed by atoms with van der Waals surface area (Å²) >= 11 is 0. The third-order valence-corrected chi connectivity index (χ3v) is 7.59. The Bertz CT molecular complexity index is 1150. The van der Waals surface area contributed by atoms with Crippen molar-refractivity contribution in [3.8, 4) is 0 Å². The molecule has 2 aliphatic rings. The Labute approximate surface area is 189 Å². The maximum Gasteiger partial charge on any atom is 0.277 e. The number of fused-ring (bicyclic) bond motifs is 1. The van der Waals surface area contributed by atoms with Gasteiger partial charge >= 0.3 is 0 Å². The molecule has 7 nitrogen and oxygen atoms in total. The second kappa shape index (κ2) is 8.96. The van der Waals surface area contributed by atoms with Crippen LogP contribution in [0.4, 0.5) is 0 Å². The van der Waals surface area contributed by atoms with E-state index in [0.29, 0.717) is 24.5 Å². The zero-order chi connectivity index (χ0) is 23.7. The van der Waals surface area contributed by atoms with E-state index in [-0.39, 0.29) is 27.7 Å². The maximum absolute atomic E-state index is 12.7. The number of carbonyl (C=O) groups is 2. The summed E-state index contributed by atoms with van der Waals surface area (Å²) in [5, 5.41) is 2.84. The van der Waals surface area contributed by atoms with Gasteiger partial charge in [-0.2, -0.15) is 4.31 Å². The molecule has 3 rings (SSSR count). The first-order chi connectivity index (χ1) is 15.0. The first kappa shape index (κ1) is 23.8. The molecule has 1 unspecified atom stereocenters. The van der Waals surface area contributed by atoms with Crippen LogP contribution in [-0.4, -0.2) is 43.3 Å². The predicted molar refractivity (Wildman–Crippen MR) is 125 cm³/mol. The van der Waals surface area contributed by atoms with Gasteiger partial charge in [-0.25, -0.2) is 13.4 Å². The summed E-state index contributed by atoms with van der Waals surface area (Å²) in [5.41, 5.74) is 2.23. The lowest BCUT2D eigenvalue weighted by molar-refractivity contribution is -0.116. The molecule has 1 aromatic rings. The van der Waals surface area contributed by atoms with Crippen molar-refractivity contribution in [3.63, 3.8) is 0 Å². The molecule has 170 valence electrons. The number of nitrogens with zero attached hydrogens (tertiary/aromatic N) is 2. The van der Waals surface area contributed by atoms with Gasteiger partial charge in [0.1, 0.15) is 0 Å². The molecule has 1 aliphatic heterocycles. The molecule has 0 saturated heterocycles. The van der Waals surface area contributed by atoms with E-state index in [1.807, 2.05) is 6.08 Å². The molecule has 1 N–H and O–H groups in total. The fraction of sp³-hybridized carbons (Fsp3) is 0.375. The molecule has 8 heteroatoms. The van der Waals surface area contributed by atoms with Crippen LogP contribution in [0.5, 0.6) is 0 Å². The lowest BCUT2D eigenvalue weighted by atomic mass is 9.74. The Morgan fingerprint density at radius 1 is 1.09 bits per heavy atom. The Morgan fingerprint density at radius 3 is 2.28 bits per heavy atom. The smallest absolute Gasteiger partial charge is 0.277 e. The van der Waals surface area contributed by atoms with Gasteiger partial charge in [-0.3, -0.25) is 9.59 Å². The van der Waals surface area contributed by atoms with E-state index in [2.05, 4.69) is 31.1 Å². The lowest BCUT2D eigenvalue weighted by Crippen LogP contribution is -2.36. The van der Waals surface area contributed by atoms with Crippen LogP contribution in [0.1, 0.15) is 45.0 Å². The van der Waals surface area contributed by atoms with E-state index in [4.69, 9.17) is 0 Å². The number of hydrogen-bond donors (Lipinski definition) is 1. The van der Waals surface area contributed by atoms with E-state index in [1.54, 1.807) is 32.1 Å². The molecule has 1 aromatic carbocycles. The largest absolute Gasteiger partial charge is 0.325 e. The van der Waals surface area contributed by atoms with E-state index in [1.165, 1.54) is 28.6 Å². The van der Waals surface area contributed by atoms with Gasteiger partial charge in [0, 0.05) is 36.3 Å². The second-order valence-electron chi connectivity index (χ2n) is 8.73. The highest BCUT2D eigenvalue weighted by molar-refractivity contribution is 7.89. The minimum Gasteiger partial charge on any atom is -0.325 e. The van der Waals surface area contributed by atoms with Gasteiger partial charge in [0.2, 0.25) is 15.9 Å². The average Bonchev–Trinajstić information content (AvgIpc) is 2.73. The van der Waals surface area contributed by atoms with Gasteiger partial charge < -0.3 is 5.32 Å². The van der Waals surface area contributed by atoms with Crippen molar-refractivity contribution in [1.29, 1.82) is 0 Å². The number of amides is 2. The monoisotopic (exact) mass is 455 g/mol. The quantitative estimate of drug-likeness (QED) is 0.735. The summed E-state index contributed by atoms with van der Waals surface area (Å²) in [4.78, 5) is 29.1. The molecule has 0 aromatic heterocycles. The molecule has 0 radical (unpaired) electrons. The Hall–Kier alpha value is -2.84. The topological polar surface area (TPSA) is 95.9 Å². The van der Waals surface area contributed by atoms with E-state index in [0.717, 1.165) is 5.57 Å². The highest BCUT2D eigenvalue weighted by atomic mass is 32.2. The highest BCUT2D eigenvalue weighted by Gasteiger charge is 2.32. The SMILES string of the molecule is CCN(CC)S(=O)(=O)c1ccc(C(=O)N=C2C=CC3C(=C2)NC(=O)C=C3C(C)(C)C)cc1. The number of carbonyl (C=O) groups excluding carboxylic acids is 2. The van der Waals surface area contributed by atoms with Gasteiger partial charge in [-0.05, 0) is 47.4 Å². The first-order valence-electron chi connectivity index (χ1n) is 10.6. The number of nitrogens with one attached hydrogen (secondary N) is 1. The van der Waals surface area contributed by atoms with E-state index >= 15 is 0 Å². The molecule has 1 atom stereocenters. The second-order valence-corrected chi connectivity index (χ2v) is 10.7. The zero-order valence-corrected chi connectivity index (χ0v) is 19.9. The standard InChI is InChI=1S/C24H29N3O4S/c1-6-27(7-2)32(30,31)18-11-8-16(9-12-18)23(29)25-17-10-13-19-20(24(3,4)5)15-22(28)26-21(19)14-17/h8-15,19H,6-7H2,1-5H3,(H,26,28). The summed E-state index contributed by atoms with van der Waals surface area (Å²) in [5.74, 6) is -0.741. The van der Waals surface area contributed by atoms with Crippen molar-refractivity contribution in [3.05, 3.63) is 65.4 Å². The number of sulfonamides is 1. The average molecular weight is 456 g/mol. The summed E-state index contributed by atoms with van der Waals surface area (Å²) < 4.78 is 26.6. The molecular formula is C24H29N3O4S. The van der Waals surface area contributed by atoms with Crippen LogP contribution in [0.25, 0.3) is 0 Å². The maximum atomic E-state index is 12.7. The summed E-state index contributed by atoms with van der Waals surface area (Å²) in [7, 11) is -3.59. The van der Waals surface area contributed by atoms with E-state index in [9.17, 15) is 18.0 Å². The van der Waals surface area contributed by atoms with Gasteiger partial charge in [0.05, 0.1) is 10.6 Å². The summed E-state index contributed by atoms with van der Waals surface area (Å²) in [6.45, 7) is 10.5. The van der Waals surface area contributed by atoms with Crippen LogP contribution < -0.4 is 5.32 Å². The molecule has 0 saturated carbocycles. The molecule has 32 heavy (non-hydrogen) atoms. The Balaban J connectivity index is 1.83. The Morgan fingerprint density at radius 2 is 1.72 bits per heavy atom. The van der Waals surface area contributed by atoms with Crippen LogP contribution in [0, 0.1) is 11.3 Å².